The Morgan fingerprint density at radius 3 is 2.62 bits per heavy atom. The zero-order valence-corrected chi connectivity index (χ0v) is 8.35. The summed E-state index contributed by atoms with van der Waals surface area (Å²) in [5.74, 6) is 0. The molecule has 1 aliphatic carbocycles. The van der Waals surface area contributed by atoms with Gasteiger partial charge in [0.1, 0.15) is 0 Å². The van der Waals surface area contributed by atoms with Crippen LogP contribution in [-0.2, 0) is 0 Å². The summed E-state index contributed by atoms with van der Waals surface area (Å²) in [6.07, 6.45) is 7.35. The van der Waals surface area contributed by atoms with Gasteiger partial charge in [0, 0.05) is 5.02 Å². The van der Waals surface area contributed by atoms with E-state index in [1.165, 1.54) is 36.8 Å². The van der Waals surface area contributed by atoms with E-state index in [9.17, 15) is 0 Å². The minimum Gasteiger partial charge on any atom is -0.0837 e. The van der Waals surface area contributed by atoms with E-state index in [4.69, 9.17) is 11.6 Å². The topological polar surface area (TPSA) is 0 Å². The second-order valence-electron chi connectivity index (χ2n) is 3.45. The summed E-state index contributed by atoms with van der Waals surface area (Å²) in [5, 5.41) is 0.885. The Labute approximate surface area is 84.2 Å². The van der Waals surface area contributed by atoms with Gasteiger partial charge in [-0.1, -0.05) is 35.9 Å². The van der Waals surface area contributed by atoms with Crippen LogP contribution in [0, 0.1) is 0 Å². The normalized spacial score (nSPS) is 16.8. The van der Waals surface area contributed by atoms with Crippen LogP contribution in [0.5, 0.6) is 0 Å². The molecular weight excluding hydrogens is 180 g/mol. The molecule has 1 aliphatic rings. The Morgan fingerprint density at radius 1 is 1.08 bits per heavy atom. The van der Waals surface area contributed by atoms with Crippen LogP contribution in [0.15, 0.2) is 30.3 Å². The molecular formula is C12H13Cl. The van der Waals surface area contributed by atoms with Crippen LogP contribution in [0.25, 0.3) is 5.57 Å². The van der Waals surface area contributed by atoms with Gasteiger partial charge in [-0.3, -0.25) is 0 Å². The van der Waals surface area contributed by atoms with E-state index in [0.717, 1.165) is 5.02 Å². The number of benzene rings is 1. The molecule has 0 spiro atoms. The molecule has 0 radical (unpaired) electrons. The average molecular weight is 193 g/mol. The number of allylic oxidation sites excluding steroid dienone is 2. The maximum absolute atomic E-state index is 6.12. The van der Waals surface area contributed by atoms with E-state index in [1.54, 1.807) is 0 Å². The Kier molecular flexibility index (Phi) is 2.70. The lowest BCUT2D eigenvalue weighted by Crippen LogP contribution is -1.92. The largest absolute Gasteiger partial charge is 0.0837 e. The third-order valence-electron chi connectivity index (χ3n) is 2.51. The Balaban J connectivity index is 2.34. The number of hydrogen-bond donors (Lipinski definition) is 0. The fraction of sp³-hybridized carbons (Fsp3) is 0.333. The lowest BCUT2D eigenvalue weighted by Gasteiger charge is -2.13. The molecule has 0 saturated heterocycles. The van der Waals surface area contributed by atoms with Crippen LogP contribution in [-0.4, -0.2) is 0 Å². The van der Waals surface area contributed by atoms with E-state index >= 15 is 0 Å². The average Bonchev–Trinajstić information content (AvgIpc) is 2.20. The van der Waals surface area contributed by atoms with E-state index in [0.29, 0.717) is 0 Å². The molecule has 0 nitrogen and oxygen atoms in total. The lowest BCUT2D eigenvalue weighted by atomic mass is 9.94. The van der Waals surface area contributed by atoms with Gasteiger partial charge in [-0.2, -0.15) is 0 Å². The summed E-state index contributed by atoms with van der Waals surface area (Å²) >= 11 is 6.12. The first-order chi connectivity index (χ1) is 6.38. The van der Waals surface area contributed by atoms with Crippen molar-refractivity contribution in [1.29, 1.82) is 0 Å². The Morgan fingerprint density at radius 2 is 1.92 bits per heavy atom. The van der Waals surface area contributed by atoms with E-state index in [1.807, 2.05) is 12.1 Å². The first-order valence-corrected chi connectivity index (χ1v) is 5.19. The highest BCUT2D eigenvalue weighted by Crippen LogP contribution is 2.30. The van der Waals surface area contributed by atoms with Gasteiger partial charge in [0.25, 0.3) is 0 Å². The standard InChI is InChI=1S/C12H13Cl/c13-12-9-5-4-8-11(12)10-6-2-1-3-7-10/h4-6,8-9H,1-3,7H2. The zero-order chi connectivity index (χ0) is 9.10. The summed E-state index contributed by atoms with van der Waals surface area (Å²) in [6, 6.07) is 8.11. The summed E-state index contributed by atoms with van der Waals surface area (Å²) < 4.78 is 0. The molecule has 1 aromatic carbocycles. The molecule has 0 aromatic heterocycles. The zero-order valence-electron chi connectivity index (χ0n) is 7.59. The van der Waals surface area contributed by atoms with Crippen molar-refractivity contribution >= 4 is 17.2 Å². The number of rotatable bonds is 1. The molecule has 0 unspecified atom stereocenters. The van der Waals surface area contributed by atoms with Gasteiger partial charge in [-0.15, -0.1) is 0 Å². The van der Waals surface area contributed by atoms with Crippen LogP contribution in [0.3, 0.4) is 0 Å². The van der Waals surface area contributed by atoms with Gasteiger partial charge < -0.3 is 0 Å². The first-order valence-electron chi connectivity index (χ1n) is 4.82. The van der Waals surface area contributed by atoms with Crippen molar-refractivity contribution in [1.82, 2.24) is 0 Å². The molecule has 1 aromatic rings. The first kappa shape index (κ1) is 8.83. The quantitative estimate of drug-likeness (QED) is 0.623. The van der Waals surface area contributed by atoms with Crippen molar-refractivity contribution in [2.45, 2.75) is 25.7 Å². The molecule has 0 atom stereocenters. The SMILES string of the molecule is Clc1ccccc1C1=CCCCC1. The van der Waals surface area contributed by atoms with Crippen molar-refractivity contribution in [2.24, 2.45) is 0 Å². The maximum Gasteiger partial charge on any atom is 0.0481 e. The van der Waals surface area contributed by atoms with Gasteiger partial charge in [-0.05, 0) is 42.9 Å². The molecule has 0 amide bonds. The molecule has 0 N–H and O–H groups in total. The molecule has 0 bridgehead atoms. The minimum absolute atomic E-state index is 0.885. The fourth-order valence-electron chi connectivity index (χ4n) is 1.80. The van der Waals surface area contributed by atoms with Gasteiger partial charge in [0.05, 0.1) is 0 Å². The second-order valence-corrected chi connectivity index (χ2v) is 3.86. The van der Waals surface area contributed by atoms with Crippen molar-refractivity contribution < 1.29 is 0 Å². The van der Waals surface area contributed by atoms with Gasteiger partial charge in [0.15, 0.2) is 0 Å². The highest BCUT2D eigenvalue weighted by molar-refractivity contribution is 6.32. The monoisotopic (exact) mass is 192 g/mol. The van der Waals surface area contributed by atoms with Crippen molar-refractivity contribution in [3.8, 4) is 0 Å². The summed E-state index contributed by atoms with van der Waals surface area (Å²) in [6.45, 7) is 0. The predicted molar refractivity (Wildman–Crippen MR) is 57.9 cm³/mol. The van der Waals surface area contributed by atoms with Gasteiger partial charge >= 0.3 is 0 Å². The highest BCUT2D eigenvalue weighted by atomic mass is 35.5. The number of halogens is 1. The number of hydrogen-bond acceptors (Lipinski definition) is 0. The van der Waals surface area contributed by atoms with E-state index in [-0.39, 0.29) is 0 Å². The third kappa shape index (κ3) is 1.94. The molecule has 68 valence electrons. The minimum atomic E-state index is 0.885. The third-order valence-corrected chi connectivity index (χ3v) is 2.84. The predicted octanol–water partition coefficient (Wildman–Crippen LogP) is 4.30. The van der Waals surface area contributed by atoms with Crippen LogP contribution in [0.4, 0.5) is 0 Å². The highest BCUT2D eigenvalue weighted by Gasteiger charge is 2.08. The fourth-order valence-corrected chi connectivity index (χ4v) is 2.06. The second kappa shape index (κ2) is 3.97. The lowest BCUT2D eigenvalue weighted by molar-refractivity contribution is 0.742. The van der Waals surface area contributed by atoms with Gasteiger partial charge in [-0.25, -0.2) is 0 Å². The van der Waals surface area contributed by atoms with Crippen molar-refractivity contribution in [2.75, 3.05) is 0 Å². The van der Waals surface area contributed by atoms with Crippen LogP contribution in [0.1, 0.15) is 31.2 Å². The Hall–Kier alpha value is -0.750. The van der Waals surface area contributed by atoms with Crippen molar-refractivity contribution in [3.05, 3.63) is 40.9 Å². The maximum atomic E-state index is 6.12. The summed E-state index contributed by atoms with van der Waals surface area (Å²) in [5.41, 5.74) is 2.65. The molecule has 0 heterocycles. The molecule has 2 rings (SSSR count). The van der Waals surface area contributed by atoms with E-state index in [2.05, 4.69) is 18.2 Å². The summed E-state index contributed by atoms with van der Waals surface area (Å²) in [7, 11) is 0. The van der Waals surface area contributed by atoms with E-state index < -0.39 is 0 Å². The molecule has 13 heavy (non-hydrogen) atoms. The van der Waals surface area contributed by atoms with Crippen LogP contribution in [0.2, 0.25) is 5.02 Å². The van der Waals surface area contributed by atoms with Crippen LogP contribution >= 0.6 is 11.6 Å². The van der Waals surface area contributed by atoms with Crippen LogP contribution < -0.4 is 0 Å². The molecule has 0 aliphatic heterocycles. The molecule has 1 heteroatoms. The smallest absolute Gasteiger partial charge is 0.0481 e. The van der Waals surface area contributed by atoms with Crippen molar-refractivity contribution in [3.63, 3.8) is 0 Å². The molecule has 0 fully saturated rings. The summed E-state index contributed by atoms with van der Waals surface area (Å²) in [4.78, 5) is 0. The van der Waals surface area contributed by atoms with Gasteiger partial charge in [0.2, 0.25) is 0 Å². The molecule has 0 saturated carbocycles. The Bertz CT molecular complexity index is 326.